The summed E-state index contributed by atoms with van der Waals surface area (Å²) in [6, 6.07) is 0.660. The third-order valence-corrected chi connectivity index (χ3v) is 6.40. The molecule has 37 heavy (non-hydrogen) atoms. The second-order valence-corrected chi connectivity index (χ2v) is 9.25. The number of nitrogens with zero attached hydrogens (tertiary/aromatic N) is 8. The molecule has 1 aliphatic carbocycles. The minimum absolute atomic E-state index is 0.0339. The van der Waals surface area contributed by atoms with Crippen LogP contribution in [0.25, 0.3) is 0 Å². The van der Waals surface area contributed by atoms with E-state index in [2.05, 4.69) is 45.8 Å². The van der Waals surface area contributed by atoms with Crippen molar-refractivity contribution in [3.63, 3.8) is 0 Å². The highest BCUT2D eigenvalue weighted by atomic mass is 19.3. The predicted molar refractivity (Wildman–Crippen MR) is 128 cm³/mol. The zero-order valence-corrected chi connectivity index (χ0v) is 19.8. The van der Waals surface area contributed by atoms with Crippen LogP contribution in [0, 0.1) is 0 Å². The molecule has 3 aromatic rings. The highest BCUT2D eigenvalue weighted by molar-refractivity contribution is 5.96. The summed E-state index contributed by atoms with van der Waals surface area (Å²) in [4.78, 5) is 37.5. The van der Waals surface area contributed by atoms with Crippen LogP contribution in [0.2, 0.25) is 0 Å². The maximum Gasteiger partial charge on any atom is 0.267 e. The lowest BCUT2D eigenvalue weighted by molar-refractivity contribution is -0.118. The predicted octanol–water partition coefficient (Wildman–Crippen LogP) is 1.69. The average molecular weight is 514 g/mol. The normalized spacial score (nSPS) is 21.2. The van der Waals surface area contributed by atoms with Gasteiger partial charge < -0.3 is 25.2 Å². The molecule has 194 valence electrons. The molecule has 1 amide bonds. The number of rotatable bonds is 7. The lowest BCUT2D eigenvalue weighted by Gasteiger charge is -2.29. The van der Waals surface area contributed by atoms with Gasteiger partial charge in [-0.25, -0.2) is 13.8 Å². The molecule has 13 nitrogen and oxygen atoms in total. The van der Waals surface area contributed by atoms with Crippen LogP contribution in [-0.2, 0) is 9.53 Å². The summed E-state index contributed by atoms with van der Waals surface area (Å²) >= 11 is 0. The van der Waals surface area contributed by atoms with E-state index >= 15 is 0 Å². The zero-order chi connectivity index (χ0) is 25.4. The van der Waals surface area contributed by atoms with Gasteiger partial charge in [0.1, 0.15) is 6.04 Å². The molecule has 0 spiro atoms. The summed E-state index contributed by atoms with van der Waals surface area (Å²) in [5.41, 5.74) is 1.02. The van der Waals surface area contributed by atoms with Gasteiger partial charge in [-0.1, -0.05) is 0 Å². The lowest BCUT2D eigenvalue weighted by Crippen LogP contribution is -2.42. The maximum absolute atomic E-state index is 14.6. The molecule has 0 radical (unpaired) electrons. The van der Waals surface area contributed by atoms with Gasteiger partial charge in [0, 0.05) is 49.6 Å². The molecule has 3 aliphatic rings. The highest BCUT2D eigenvalue weighted by Gasteiger charge is 2.49. The van der Waals surface area contributed by atoms with Gasteiger partial charge in [-0.05, 0) is 12.8 Å². The first-order valence-electron chi connectivity index (χ1n) is 12.1. The minimum atomic E-state index is -3.12. The first kappa shape index (κ1) is 23.4. The third kappa shape index (κ3) is 5.26. The number of nitrogens with one attached hydrogen (secondary N) is 3. The van der Waals surface area contributed by atoms with Crippen molar-refractivity contribution in [2.24, 2.45) is 0 Å². The number of ether oxygens (including phenoxy) is 1. The number of hydrogen-bond acceptors (Lipinski definition) is 11. The van der Waals surface area contributed by atoms with Crippen LogP contribution < -0.4 is 20.4 Å². The number of anilines is 5. The van der Waals surface area contributed by atoms with Crippen LogP contribution in [0.1, 0.15) is 30.9 Å². The number of amides is 1. The fourth-order valence-corrected chi connectivity index (χ4v) is 4.40. The topological polar surface area (TPSA) is 150 Å². The zero-order valence-electron chi connectivity index (χ0n) is 19.8. The monoisotopic (exact) mass is 513 g/mol. The van der Waals surface area contributed by atoms with E-state index in [4.69, 9.17) is 4.74 Å². The molecule has 3 N–H and O–H groups in total. The van der Waals surface area contributed by atoms with Gasteiger partial charge in [0.05, 0.1) is 26.0 Å². The molecule has 1 atom stereocenters. The number of carbonyl (C=O) groups excluding carboxylic acids is 1. The van der Waals surface area contributed by atoms with Gasteiger partial charge in [0.2, 0.25) is 23.8 Å². The molecule has 2 saturated heterocycles. The number of carbonyl (C=O) groups is 1. The Kier molecular flexibility index (Phi) is 5.98. The van der Waals surface area contributed by atoms with Crippen LogP contribution in [0.5, 0.6) is 0 Å². The highest BCUT2D eigenvalue weighted by Crippen LogP contribution is 2.40. The van der Waals surface area contributed by atoms with Gasteiger partial charge in [-0.3, -0.25) is 14.9 Å². The number of alkyl halides is 2. The molecule has 3 fully saturated rings. The minimum Gasteiger partial charge on any atom is -0.378 e. The van der Waals surface area contributed by atoms with Crippen molar-refractivity contribution >= 4 is 35.4 Å². The van der Waals surface area contributed by atoms with Crippen LogP contribution in [0.15, 0.2) is 24.7 Å². The van der Waals surface area contributed by atoms with Crippen molar-refractivity contribution in [3.8, 4) is 0 Å². The summed E-state index contributed by atoms with van der Waals surface area (Å²) in [7, 11) is 0. The molecule has 0 bridgehead atoms. The summed E-state index contributed by atoms with van der Waals surface area (Å²) < 4.78 is 34.7. The van der Waals surface area contributed by atoms with Gasteiger partial charge in [0.25, 0.3) is 5.92 Å². The van der Waals surface area contributed by atoms with Gasteiger partial charge in [0.15, 0.2) is 11.6 Å². The molecule has 2 aliphatic heterocycles. The Balaban J connectivity index is 1.31. The fraction of sp³-hybridized carbons (Fsp3) is 0.500. The quantitative estimate of drug-likeness (QED) is 0.424. The molecule has 0 aromatic carbocycles. The Morgan fingerprint density at radius 1 is 1.11 bits per heavy atom. The SMILES string of the molecule is O=C(Nc1cnccn1)[C@@H]1CC(F)(F)CN1c1nc(Nc2cc(C3CC3)[nH]n2)nc(N2CCOCC2)n1. The van der Waals surface area contributed by atoms with Gasteiger partial charge in [-0.2, -0.15) is 20.1 Å². The van der Waals surface area contributed by atoms with Crippen LogP contribution in [0.4, 0.5) is 38.3 Å². The van der Waals surface area contributed by atoms with E-state index in [1.54, 1.807) is 0 Å². The van der Waals surface area contributed by atoms with Crippen LogP contribution in [0.3, 0.4) is 0 Å². The molecule has 0 unspecified atom stereocenters. The standard InChI is InChI=1S/C22H25F2N11O2/c23-22(24)10-15(18(36)27-17-11-25-3-4-26-17)35(12-22)21-30-19(28-16-9-14(32-33-16)13-1-2-13)29-20(31-21)34-5-7-37-8-6-34/h3-4,9,11,13,15H,1-2,5-8,10,12H2,(H,26,27,36)(H2,28,29,30,31,32,33)/t15-/m0/s1. The van der Waals surface area contributed by atoms with Crippen molar-refractivity contribution in [1.29, 1.82) is 0 Å². The summed E-state index contributed by atoms with van der Waals surface area (Å²) in [6.45, 7) is 1.32. The number of aromatic nitrogens is 7. The Bertz CT molecular complexity index is 1260. The van der Waals surface area contributed by atoms with E-state index in [1.807, 2.05) is 11.0 Å². The molecule has 15 heteroatoms. The summed E-state index contributed by atoms with van der Waals surface area (Å²) in [5.74, 6) is -2.21. The Morgan fingerprint density at radius 3 is 2.68 bits per heavy atom. The Morgan fingerprint density at radius 2 is 1.92 bits per heavy atom. The first-order valence-corrected chi connectivity index (χ1v) is 12.1. The molecule has 3 aromatic heterocycles. The van der Waals surface area contributed by atoms with E-state index in [0.29, 0.717) is 44.0 Å². The largest absolute Gasteiger partial charge is 0.378 e. The van der Waals surface area contributed by atoms with E-state index in [1.165, 1.54) is 23.5 Å². The van der Waals surface area contributed by atoms with E-state index in [0.717, 1.165) is 18.5 Å². The molecular weight excluding hydrogens is 488 g/mol. The molecule has 5 heterocycles. The maximum atomic E-state index is 14.6. The second kappa shape index (κ2) is 9.46. The summed E-state index contributed by atoms with van der Waals surface area (Å²) in [5, 5.41) is 12.9. The number of morpholine rings is 1. The second-order valence-electron chi connectivity index (χ2n) is 9.25. The van der Waals surface area contributed by atoms with Crippen molar-refractivity contribution in [1.82, 2.24) is 35.1 Å². The van der Waals surface area contributed by atoms with Gasteiger partial charge >= 0.3 is 0 Å². The first-order chi connectivity index (χ1) is 17.9. The van der Waals surface area contributed by atoms with E-state index in [9.17, 15) is 13.6 Å². The van der Waals surface area contributed by atoms with Crippen LogP contribution in [-0.4, -0.2) is 85.8 Å². The number of hydrogen-bond donors (Lipinski definition) is 3. The third-order valence-electron chi connectivity index (χ3n) is 6.40. The molecule has 1 saturated carbocycles. The van der Waals surface area contributed by atoms with Crippen molar-refractivity contribution < 1.29 is 18.3 Å². The summed E-state index contributed by atoms with van der Waals surface area (Å²) in [6.07, 6.45) is 5.73. The van der Waals surface area contributed by atoms with E-state index in [-0.39, 0.29) is 17.7 Å². The number of halogens is 2. The van der Waals surface area contributed by atoms with Crippen molar-refractivity contribution in [2.75, 3.05) is 53.3 Å². The smallest absolute Gasteiger partial charge is 0.267 e. The van der Waals surface area contributed by atoms with E-state index < -0.39 is 30.8 Å². The average Bonchev–Trinajstić information content (AvgIpc) is 3.56. The fourth-order valence-electron chi connectivity index (χ4n) is 4.40. The van der Waals surface area contributed by atoms with Gasteiger partial charge in [-0.15, -0.1) is 0 Å². The number of H-pyrrole nitrogens is 1. The van der Waals surface area contributed by atoms with Crippen molar-refractivity contribution in [3.05, 3.63) is 30.4 Å². The van der Waals surface area contributed by atoms with Crippen molar-refractivity contribution in [2.45, 2.75) is 37.1 Å². The molecule has 6 rings (SSSR count). The van der Waals surface area contributed by atoms with Crippen LogP contribution >= 0.6 is 0 Å². The Labute approximate surface area is 210 Å². The lowest BCUT2D eigenvalue weighted by atomic mass is 10.2. The Hall–Kier alpha value is -4.01. The number of aromatic amines is 1. The molecular formula is C22H25F2N11O2.